The average Bonchev–Trinajstić information content (AvgIpc) is 3.01. The van der Waals surface area contributed by atoms with Crippen LogP contribution in [0, 0.1) is 11.3 Å². The van der Waals surface area contributed by atoms with Crippen molar-refractivity contribution in [1.82, 2.24) is 4.90 Å². The number of fused-ring (bicyclic) bond motifs is 1. The van der Waals surface area contributed by atoms with E-state index >= 15 is 0 Å². The third kappa shape index (κ3) is 2.65. The number of rotatable bonds is 4. The van der Waals surface area contributed by atoms with Gasteiger partial charge in [0.15, 0.2) is 0 Å². The fourth-order valence-corrected chi connectivity index (χ4v) is 3.70. The van der Waals surface area contributed by atoms with Crippen molar-refractivity contribution >= 4 is 5.91 Å². The molecule has 0 spiro atoms. The molecule has 1 amide bonds. The molecule has 0 fully saturated rings. The van der Waals surface area contributed by atoms with Gasteiger partial charge in [0.1, 0.15) is 23.2 Å². The van der Waals surface area contributed by atoms with Crippen LogP contribution in [0.25, 0.3) is 0 Å². The third-order valence-electron chi connectivity index (χ3n) is 5.30. The molecule has 6 nitrogen and oxygen atoms in total. The van der Waals surface area contributed by atoms with Crippen LogP contribution in [-0.2, 0) is 9.53 Å². The van der Waals surface area contributed by atoms with Crippen LogP contribution in [0.4, 0.5) is 0 Å². The summed E-state index contributed by atoms with van der Waals surface area (Å²) < 4.78 is 11.4. The maximum absolute atomic E-state index is 12.5. The van der Waals surface area contributed by atoms with E-state index in [9.17, 15) is 15.2 Å². The number of nitrogens with zero attached hydrogens (tertiary/aromatic N) is 2. The molecule has 0 saturated carbocycles. The Balaban J connectivity index is 2.11. The lowest BCUT2D eigenvalue weighted by Gasteiger charge is -2.48. The first kappa shape index (κ1) is 17.3. The van der Waals surface area contributed by atoms with Crippen molar-refractivity contribution in [3.63, 3.8) is 0 Å². The molecule has 0 saturated heterocycles. The fourth-order valence-electron chi connectivity index (χ4n) is 3.70. The van der Waals surface area contributed by atoms with Crippen LogP contribution >= 0.6 is 0 Å². The molecular weight excluding hydrogens is 320 g/mol. The number of amides is 1. The Morgan fingerprint density at radius 1 is 1.44 bits per heavy atom. The molecule has 0 radical (unpaired) electrons. The molecule has 0 aromatic heterocycles. The zero-order chi connectivity index (χ0) is 18.2. The summed E-state index contributed by atoms with van der Waals surface area (Å²) >= 11 is 0. The van der Waals surface area contributed by atoms with Crippen LogP contribution in [0.2, 0.25) is 0 Å². The summed E-state index contributed by atoms with van der Waals surface area (Å²) in [6.07, 6.45) is 1.74. The minimum atomic E-state index is -0.905. The van der Waals surface area contributed by atoms with Gasteiger partial charge < -0.3 is 19.5 Å². The summed E-state index contributed by atoms with van der Waals surface area (Å²) in [7, 11) is 1.52. The van der Waals surface area contributed by atoms with Gasteiger partial charge in [-0.3, -0.25) is 4.79 Å². The fraction of sp³-hybridized carbons (Fsp3) is 0.474. The van der Waals surface area contributed by atoms with Gasteiger partial charge in [-0.15, -0.1) is 0 Å². The average molecular weight is 342 g/mol. The molecule has 0 bridgehead atoms. The first-order chi connectivity index (χ1) is 12.0. The molecule has 0 aliphatic carbocycles. The largest absolute Gasteiger partial charge is 0.499 e. The lowest BCUT2D eigenvalue weighted by Crippen LogP contribution is -2.56. The van der Waals surface area contributed by atoms with Crippen LogP contribution in [0.1, 0.15) is 43.9 Å². The maximum atomic E-state index is 12.5. The van der Waals surface area contributed by atoms with Gasteiger partial charge in [0.2, 0.25) is 0 Å². The lowest BCUT2D eigenvalue weighted by atomic mass is 9.79. The molecule has 1 aromatic carbocycles. The normalized spacial score (nSPS) is 24.2. The topological polar surface area (TPSA) is 82.8 Å². The zero-order valence-corrected chi connectivity index (χ0v) is 14.7. The molecular formula is C19H22N2O4. The summed E-state index contributed by atoms with van der Waals surface area (Å²) in [4.78, 5) is 14.1. The number of methoxy groups -OCH3 is 1. The predicted octanol–water partition coefficient (Wildman–Crippen LogP) is 2.28. The van der Waals surface area contributed by atoms with E-state index in [-0.39, 0.29) is 12.5 Å². The van der Waals surface area contributed by atoms with E-state index in [2.05, 4.69) is 6.07 Å². The lowest BCUT2D eigenvalue weighted by molar-refractivity contribution is -0.142. The van der Waals surface area contributed by atoms with Crippen molar-refractivity contribution in [3.8, 4) is 11.8 Å². The number of aliphatic hydroxyl groups is 1. The Morgan fingerprint density at radius 2 is 2.16 bits per heavy atom. The Morgan fingerprint density at radius 3 is 2.72 bits per heavy atom. The second kappa shape index (κ2) is 6.41. The molecule has 2 atom stereocenters. The molecule has 25 heavy (non-hydrogen) atoms. The molecule has 1 aromatic rings. The second-order valence-electron chi connectivity index (χ2n) is 6.41. The first-order valence-corrected chi connectivity index (χ1v) is 8.46. The van der Waals surface area contributed by atoms with E-state index in [4.69, 9.17) is 9.47 Å². The summed E-state index contributed by atoms with van der Waals surface area (Å²) in [5.41, 5.74) is 0.344. The number of nitriles is 1. The van der Waals surface area contributed by atoms with E-state index in [0.29, 0.717) is 35.5 Å². The van der Waals surface area contributed by atoms with E-state index in [1.54, 1.807) is 23.1 Å². The van der Waals surface area contributed by atoms with E-state index in [1.807, 2.05) is 13.8 Å². The van der Waals surface area contributed by atoms with Crippen LogP contribution in [0.3, 0.4) is 0 Å². The molecule has 0 unspecified atom stereocenters. The quantitative estimate of drug-likeness (QED) is 0.908. The van der Waals surface area contributed by atoms with Gasteiger partial charge in [-0.05, 0) is 31.0 Å². The predicted molar refractivity (Wildman–Crippen MR) is 90.7 cm³/mol. The van der Waals surface area contributed by atoms with Gasteiger partial charge in [-0.25, -0.2) is 0 Å². The molecule has 2 aliphatic rings. The summed E-state index contributed by atoms with van der Waals surface area (Å²) in [6, 6.07) is 6.64. The smallest absolute Gasteiger partial charge is 0.251 e. The molecule has 1 N–H and O–H groups in total. The van der Waals surface area contributed by atoms with Crippen molar-refractivity contribution < 1.29 is 19.4 Å². The first-order valence-electron chi connectivity index (χ1n) is 8.46. The zero-order valence-electron chi connectivity index (χ0n) is 14.7. The van der Waals surface area contributed by atoms with Crippen molar-refractivity contribution in [2.24, 2.45) is 0 Å². The molecule has 6 heteroatoms. The van der Waals surface area contributed by atoms with E-state index < -0.39 is 17.7 Å². The van der Waals surface area contributed by atoms with E-state index in [1.165, 1.54) is 13.2 Å². The van der Waals surface area contributed by atoms with Crippen LogP contribution in [-0.4, -0.2) is 41.3 Å². The number of ether oxygens (including phenoxy) is 2. The minimum Gasteiger partial charge on any atom is -0.499 e. The van der Waals surface area contributed by atoms with Crippen LogP contribution in [0.5, 0.6) is 5.75 Å². The van der Waals surface area contributed by atoms with Crippen LogP contribution in [0.15, 0.2) is 30.0 Å². The minimum absolute atomic E-state index is 0.211. The van der Waals surface area contributed by atoms with Crippen molar-refractivity contribution in [3.05, 3.63) is 41.2 Å². The Bertz CT molecular complexity index is 761. The van der Waals surface area contributed by atoms with Gasteiger partial charge >= 0.3 is 0 Å². The molecule has 2 aliphatic heterocycles. The second-order valence-corrected chi connectivity index (χ2v) is 6.41. The number of carbonyl (C=O) groups excluding carboxylic acids is 1. The Hall–Kier alpha value is -2.52. The van der Waals surface area contributed by atoms with Crippen molar-refractivity contribution in [1.29, 1.82) is 5.26 Å². The highest BCUT2D eigenvalue weighted by Gasteiger charge is 2.50. The Kier molecular flexibility index (Phi) is 4.44. The molecule has 132 valence electrons. The van der Waals surface area contributed by atoms with Gasteiger partial charge in [0.25, 0.3) is 5.91 Å². The maximum Gasteiger partial charge on any atom is 0.251 e. The Labute approximate surface area is 147 Å². The van der Waals surface area contributed by atoms with Crippen LogP contribution < -0.4 is 4.74 Å². The monoisotopic (exact) mass is 342 g/mol. The van der Waals surface area contributed by atoms with Gasteiger partial charge in [0.05, 0.1) is 31.3 Å². The highest BCUT2D eigenvalue weighted by molar-refractivity contribution is 5.91. The van der Waals surface area contributed by atoms with Crippen molar-refractivity contribution in [2.45, 2.75) is 44.4 Å². The standard InChI is InChI=1S/C19H22N2O4/c1-4-19(5-2)18(23)17(21-11-13(24-3)9-16(21)22)14-8-12(10-20)6-7-15(14)25-19/h6-9,17-18,23H,4-5,11H2,1-3H3/t17-,18+/m0/s1. The van der Waals surface area contributed by atoms with Crippen molar-refractivity contribution in [2.75, 3.05) is 13.7 Å². The SMILES string of the molecule is CCC1(CC)Oc2ccc(C#N)cc2[C@H](N2CC(OC)=CC2=O)[C@H]1O. The third-order valence-corrected chi connectivity index (χ3v) is 5.30. The number of carbonyl (C=O) groups is 1. The number of aliphatic hydroxyl groups excluding tert-OH is 1. The van der Waals surface area contributed by atoms with Gasteiger partial charge in [-0.1, -0.05) is 13.8 Å². The number of hydrogen-bond acceptors (Lipinski definition) is 5. The summed E-state index contributed by atoms with van der Waals surface area (Å²) in [5, 5.41) is 20.4. The molecule has 2 heterocycles. The van der Waals surface area contributed by atoms with Gasteiger partial charge in [0, 0.05) is 11.6 Å². The summed E-state index contributed by atoms with van der Waals surface area (Å²) in [6.45, 7) is 4.21. The molecule has 3 rings (SSSR count). The van der Waals surface area contributed by atoms with Gasteiger partial charge in [-0.2, -0.15) is 5.26 Å². The highest BCUT2D eigenvalue weighted by atomic mass is 16.5. The summed E-state index contributed by atoms with van der Waals surface area (Å²) in [5.74, 6) is 0.953. The highest BCUT2D eigenvalue weighted by Crippen LogP contribution is 2.46. The number of hydrogen-bond donors (Lipinski definition) is 1. The number of benzene rings is 1. The van der Waals surface area contributed by atoms with E-state index in [0.717, 1.165) is 0 Å².